The topological polar surface area (TPSA) is 105 Å². The van der Waals surface area contributed by atoms with Gasteiger partial charge in [0.15, 0.2) is 6.10 Å². The number of hydrogen-bond acceptors (Lipinski definition) is 5. The Morgan fingerprint density at radius 3 is 2.84 bits per heavy atom. The standard InChI is InChI=1S/C17H18N4O4/c22-16(23)13-11-21(8-9-25-13)17(24)20-14-6-7-18-15(19-14)10-12-4-2-1-3-5-12/h1-7,13H,8-11H2,(H,22,23)(H,18,19,20,24). The largest absolute Gasteiger partial charge is 0.479 e. The molecule has 1 aliphatic rings. The SMILES string of the molecule is O=C(O)C1CN(C(=O)Nc2ccnc(Cc3ccccc3)n2)CCO1. The van der Waals surface area contributed by atoms with E-state index in [4.69, 9.17) is 9.84 Å². The van der Waals surface area contributed by atoms with Gasteiger partial charge in [0.2, 0.25) is 0 Å². The van der Waals surface area contributed by atoms with E-state index in [-0.39, 0.29) is 13.2 Å². The molecule has 1 aromatic carbocycles. The lowest BCUT2D eigenvalue weighted by Gasteiger charge is -2.30. The molecule has 1 unspecified atom stereocenters. The average molecular weight is 342 g/mol. The smallest absolute Gasteiger partial charge is 0.334 e. The Morgan fingerprint density at radius 2 is 2.08 bits per heavy atom. The highest BCUT2D eigenvalue weighted by Gasteiger charge is 2.29. The molecule has 1 atom stereocenters. The maximum Gasteiger partial charge on any atom is 0.334 e. The number of carboxylic acid groups (broad SMARTS) is 1. The van der Waals surface area contributed by atoms with Crippen molar-refractivity contribution in [3.05, 3.63) is 54.0 Å². The average Bonchev–Trinajstić information content (AvgIpc) is 2.63. The number of carbonyl (C=O) groups is 2. The van der Waals surface area contributed by atoms with Crippen LogP contribution in [0.1, 0.15) is 11.4 Å². The van der Waals surface area contributed by atoms with E-state index in [0.717, 1.165) is 5.56 Å². The summed E-state index contributed by atoms with van der Waals surface area (Å²) in [6.07, 6.45) is 1.14. The van der Waals surface area contributed by atoms with Crippen LogP contribution in [0.25, 0.3) is 0 Å². The number of carboxylic acids is 1. The van der Waals surface area contributed by atoms with Gasteiger partial charge < -0.3 is 14.7 Å². The van der Waals surface area contributed by atoms with E-state index in [1.54, 1.807) is 12.3 Å². The van der Waals surface area contributed by atoms with Crippen LogP contribution in [0.4, 0.5) is 10.6 Å². The molecule has 0 radical (unpaired) electrons. The summed E-state index contributed by atoms with van der Waals surface area (Å²) in [6.45, 7) is 0.522. The number of carbonyl (C=O) groups excluding carboxylic acids is 1. The molecule has 2 amide bonds. The van der Waals surface area contributed by atoms with Crippen LogP contribution in [-0.2, 0) is 16.0 Å². The van der Waals surface area contributed by atoms with Crippen molar-refractivity contribution in [3.63, 3.8) is 0 Å². The molecule has 1 fully saturated rings. The molecular formula is C17H18N4O4. The third-order valence-electron chi connectivity index (χ3n) is 3.77. The van der Waals surface area contributed by atoms with Crippen molar-refractivity contribution < 1.29 is 19.4 Å². The number of ether oxygens (including phenoxy) is 1. The maximum absolute atomic E-state index is 12.3. The minimum Gasteiger partial charge on any atom is -0.479 e. The lowest BCUT2D eigenvalue weighted by atomic mass is 10.1. The van der Waals surface area contributed by atoms with Gasteiger partial charge in [-0.25, -0.2) is 19.6 Å². The van der Waals surface area contributed by atoms with Crippen molar-refractivity contribution in [2.45, 2.75) is 12.5 Å². The van der Waals surface area contributed by atoms with Gasteiger partial charge in [0, 0.05) is 19.2 Å². The summed E-state index contributed by atoms with van der Waals surface area (Å²) in [5.41, 5.74) is 1.07. The van der Waals surface area contributed by atoms with E-state index >= 15 is 0 Å². The number of nitrogens with zero attached hydrogens (tertiary/aromatic N) is 3. The first kappa shape index (κ1) is 16.8. The molecule has 0 bridgehead atoms. The van der Waals surface area contributed by atoms with Crippen molar-refractivity contribution in [1.82, 2.24) is 14.9 Å². The highest BCUT2D eigenvalue weighted by atomic mass is 16.5. The van der Waals surface area contributed by atoms with Crippen molar-refractivity contribution in [2.24, 2.45) is 0 Å². The zero-order chi connectivity index (χ0) is 17.6. The maximum atomic E-state index is 12.3. The number of nitrogens with one attached hydrogen (secondary N) is 1. The molecular weight excluding hydrogens is 324 g/mol. The van der Waals surface area contributed by atoms with Crippen LogP contribution in [0.15, 0.2) is 42.6 Å². The van der Waals surface area contributed by atoms with Crippen LogP contribution >= 0.6 is 0 Å². The van der Waals surface area contributed by atoms with Crippen LogP contribution in [0.5, 0.6) is 0 Å². The summed E-state index contributed by atoms with van der Waals surface area (Å²) in [7, 11) is 0. The number of hydrogen-bond donors (Lipinski definition) is 2. The van der Waals surface area contributed by atoms with Crippen LogP contribution in [-0.4, -0.2) is 57.8 Å². The molecule has 0 aliphatic carbocycles. The Bertz CT molecular complexity index is 753. The van der Waals surface area contributed by atoms with Gasteiger partial charge in [0.05, 0.1) is 13.2 Å². The van der Waals surface area contributed by atoms with Gasteiger partial charge >= 0.3 is 12.0 Å². The van der Waals surface area contributed by atoms with Gasteiger partial charge in [0.25, 0.3) is 0 Å². The first-order chi connectivity index (χ1) is 12.1. The summed E-state index contributed by atoms with van der Waals surface area (Å²) in [5.74, 6) is -0.108. The normalized spacial score (nSPS) is 17.1. The van der Waals surface area contributed by atoms with E-state index in [1.165, 1.54) is 4.90 Å². The van der Waals surface area contributed by atoms with E-state index in [2.05, 4.69) is 15.3 Å². The molecule has 0 spiro atoms. The van der Waals surface area contributed by atoms with E-state index < -0.39 is 18.1 Å². The zero-order valence-electron chi connectivity index (χ0n) is 13.5. The van der Waals surface area contributed by atoms with Gasteiger partial charge in [-0.05, 0) is 11.6 Å². The molecule has 8 nitrogen and oxygen atoms in total. The molecule has 2 aromatic rings. The fraction of sp³-hybridized carbons (Fsp3) is 0.294. The molecule has 1 saturated heterocycles. The Kier molecular flexibility index (Phi) is 5.20. The van der Waals surface area contributed by atoms with E-state index in [1.807, 2.05) is 30.3 Å². The summed E-state index contributed by atoms with van der Waals surface area (Å²) in [5, 5.41) is 11.7. The molecule has 2 N–H and O–H groups in total. The summed E-state index contributed by atoms with van der Waals surface area (Å²) in [4.78, 5) is 33.3. The number of aromatic nitrogens is 2. The Hall–Kier alpha value is -3.00. The van der Waals surface area contributed by atoms with E-state index in [0.29, 0.717) is 24.6 Å². The predicted molar refractivity (Wildman–Crippen MR) is 89.2 cm³/mol. The summed E-state index contributed by atoms with van der Waals surface area (Å²) < 4.78 is 5.11. The van der Waals surface area contributed by atoms with Crippen LogP contribution in [0.2, 0.25) is 0 Å². The molecule has 1 aromatic heterocycles. The first-order valence-electron chi connectivity index (χ1n) is 7.88. The minimum atomic E-state index is -1.08. The second-order valence-corrected chi connectivity index (χ2v) is 5.59. The number of rotatable bonds is 4. The van der Waals surface area contributed by atoms with Crippen molar-refractivity contribution in [2.75, 3.05) is 25.0 Å². The summed E-state index contributed by atoms with van der Waals surface area (Å²) in [6, 6.07) is 11.0. The molecule has 2 heterocycles. The fourth-order valence-corrected chi connectivity index (χ4v) is 2.50. The monoisotopic (exact) mass is 342 g/mol. The van der Waals surface area contributed by atoms with E-state index in [9.17, 15) is 9.59 Å². The number of urea groups is 1. The second kappa shape index (κ2) is 7.71. The molecule has 25 heavy (non-hydrogen) atoms. The highest BCUT2D eigenvalue weighted by Crippen LogP contribution is 2.11. The fourth-order valence-electron chi connectivity index (χ4n) is 2.50. The predicted octanol–water partition coefficient (Wildman–Crippen LogP) is 1.38. The van der Waals surface area contributed by atoms with Gasteiger partial charge in [-0.1, -0.05) is 30.3 Å². The Balaban J connectivity index is 1.63. The lowest BCUT2D eigenvalue weighted by molar-refractivity contribution is -0.154. The number of amides is 2. The highest BCUT2D eigenvalue weighted by molar-refractivity contribution is 5.88. The van der Waals surface area contributed by atoms with Gasteiger partial charge in [-0.2, -0.15) is 0 Å². The third kappa shape index (κ3) is 4.51. The zero-order valence-corrected chi connectivity index (χ0v) is 13.5. The number of benzene rings is 1. The van der Waals surface area contributed by atoms with Crippen molar-refractivity contribution >= 4 is 17.8 Å². The van der Waals surface area contributed by atoms with Gasteiger partial charge in [-0.15, -0.1) is 0 Å². The third-order valence-corrected chi connectivity index (χ3v) is 3.77. The first-order valence-corrected chi connectivity index (χ1v) is 7.88. The van der Waals surface area contributed by atoms with Crippen LogP contribution < -0.4 is 5.32 Å². The van der Waals surface area contributed by atoms with Gasteiger partial charge in [0.1, 0.15) is 11.6 Å². The quantitative estimate of drug-likeness (QED) is 0.870. The van der Waals surface area contributed by atoms with Crippen molar-refractivity contribution in [3.8, 4) is 0 Å². The number of anilines is 1. The Labute approximate surface area is 144 Å². The lowest BCUT2D eigenvalue weighted by Crippen LogP contribution is -2.50. The molecule has 8 heteroatoms. The molecule has 1 aliphatic heterocycles. The van der Waals surface area contributed by atoms with Crippen LogP contribution in [0, 0.1) is 0 Å². The summed E-state index contributed by atoms with van der Waals surface area (Å²) >= 11 is 0. The molecule has 0 saturated carbocycles. The Morgan fingerprint density at radius 1 is 1.28 bits per heavy atom. The molecule has 130 valence electrons. The van der Waals surface area contributed by atoms with Gasteiger partial charge in [-0.3, -0.25) is 5.32 Å². The second-order valence-electron chi connectivity index (χ2n) is 5.59. The number of morpholine rings is 1. The van der Waals surface area contributed by atoms with Crippen molar-refractivity contribution in [1.29, 1.82) is 0 Å². The van der Waals surface area contributed by atoms with Crippen LogP contribution in [0.3, 0.4) is 0 Å². The minimum absolute atomic E-state index is 0.00310. The molecule has 3 rings (SSSR count). The number of aliphatic carboxylic acids is 1.